The molecular formula is C19H28N4O. The molecule has 0 saturated carbocycles. The lowest BCUT2D eigenvalue weighted by atomic mass is 10.1. The number of benzene rings is 1. The topological polar surface area (TPSA) is 41.8 Å². The average Bonchev–Trinajstić information content (AvgIpc) is 2.98. The number of aliphatic imine (C=N–C) groups is 1. The van der Waals surface area contributed by atoms with E-state index in [1.165, 1.54) is 16.8 Å². The van der Waals surface area contributed by atoms with E-state index in [4.69, 9.17) is 9.73 Å². The summed E-state index contributed by atoms with van der Waals surface area (Å²) in [4.78, 5) is 6.95. The molecule has 1 N–H and O–H groups in total. The number of rotatable bonds is 7. The summed E-state index contributed by atoms with van der Waals surface area (Å²) in [6.07, 6.45) is 2.06. The van der Waals surface area contributed by atoms with Gasteiger partial charge in [0.05, 0.1) is 19.7 Å². The summed E-state index contributed by atoms with van der Waals surface area (Å²) >= 11 is 0. The fourth-order valence-corrected chi connectivity index (χ4v) is 2.62. The first-order valence-electron chi connectivity index (χ1n) is 8.31. The van der Waals surface area contributed by atoms with Crippen molar-refractivity contribution in [1.29, 1.82) is 0 Å². The Labute approximate surface area is 145 Å². The minimum Gasteiger partial charge on any atom is -0.380 e. The summed E-state index contributed by atoms with van der Waals surface area (Å²) in [5.74, 6) is 0.908. The third-order valence-electron chi connectivity index (χ3n) is 3.96. The number of guanidine groups is 1. The molecule has 0 radical (unpaired) electrons. The molecule has 2 rings (SSSR count). The summed E-state index contributed by atoms with van der Waals surface area (Å²) in [5.41, 5.74) is 3.63. The van der Waals surface area contributed by atoms with Crippen LogP contribution in [0.15, 0.2) is 47.6 Å². The minimum absolute atomic E-state index is 0.613. The van der Waals surface area contributed by atoms with Gasteiger partial charge in [0, 0.05) is 39.6 Å². The first kappa shape index (κ1) is 18.1. The molecule has 24 heavy (non-hydrogen) atoms. The molecular weight excluding hydrogens is 300 g/mol. The lowest BCUT2D eigenvalue weighted by molar-refractivity contribution is 0.184. The van der Waals surface area contributed by atoms with E-state index in [0.29, 0.717) is 13.2 Å². The Morgan fingerprint density at radius 1 is 1.21 bits per heavy atom. The van der Waals surface area contributed by atoms with E-state index in [-0.39, 0.29) is 0 Å². The molecule has 0 atom stereocenters. The number of hydrogen-bond acceptors (Lipinski definition) is 2. The molecule has 5 nitrogen and oxygen atoms in total. The van der Waals surface area contributed by atoms with Gasteiger partial charge in [-0.05, 0) is 30.2 Å². The number of aryl methyl sites for hydroxylation is 1. The van der Waals surface area contributed by atoms with E-state index in [0.717, 1.165) is 19.0 Å². The van der Waals surface area contributed by atoms with Crippen LogP contribution in [0.1, 0.15) is 23.7 Å². The van der Waals surface area contributed by atoms with E-state index in [1.807, 2.05) is 12.1 Å². The molecule has 0 aliphatic rings. The number of ether oxygens (including phenoxy) is 1. The quantitative estimate of drug-likeness (QED) is 0.628. The Morgan fingerprint density at radius 2 is 1.96 bits per heavy atom. The largest absolute Gasteiger partial charge is 0.380 e. The molecule has 0 amide bonds. The van der Waals surface area contributed by atoms with E-state index < -0.39 is 0 Å². The first-order chi connectivity index (χ1) is 11.7. The molecule has 2 aromatic rings. The molecule has 0 spiro atoms. The predicted octanol–water partition coefficient (Wildman–Crippen LogP) is 2.77. The smallest absolute Gasteiger partial charge is 0.194 e. The van der Waals surface area contributed by atoms with Crippen molar-refractivity contribution in [3.63, 3.8) is 0 Å². The number of aromatic nitrogens is 1. The molecule has 1 heterocycles. The van der Waals surface area contributed by atoms with Crippen LogP contribution in [0.4, 0.5) is 0 Å². The van der Waals surface area contributed by atoms with Crippen LogP contribution in [0, 0.1) is 0 Å². The second kappa shape index (κ2) is 9.13. The van der Waals surface area contributed by atoms with Crippen LogP contribution in [0.2, 0.25) is 0 Å². The summed E-state index contributed by atoms with van der Waals surface area (Å²) in [6, 6.07) is 12.5. The van der Waals surface area contributed by atoms with Crippen LogP contribution in [-0.4, -0.2) is 36.1 Å². The Kier molecular flexibility index (Phi) is 6.88. The summed E-state index contributed by atoms with van der Waals surface area (Å²) < 4.78 is 7.41. The van der Waals surface area contributed by atoms with Crippen LogP contribution < -0.4 is 5.32 Å². The zero-order valence-corrected chi connectivity index (χ0v) is 15.1. The summed E-state index contributed by atoms with van der Waals surface area (Å²) in [7, 11) is 5.85. The van der Waals surface area contributed by atoms with E-state index in [1.54, 1.807) is 7.11 Å². The number of nitrogens with one attached hydrogen (secondary N) is 1. The third-order valence-corrected chi connectivity index (χ3v) is 3.96. The lowest BCUT2D eigenvalue weighted by Crippen LogP contribution is -2.38. The molecule has 0 saturated heterocycles. The van der Waals surface area contributed by atoms with Gasteiger partial charge >= 0.3 is 0 Å². The van der Waals surface area contributed by atoms with E-state index >= 15 is 0 Å². The van der Waals surface area contributed by atoms with Crippen LogP contribution in [0.25, 0.3) is 0 Å². The molecule has 0 aliphatic heterocycles. The fraction of sp³-hybridized carbons (Fsp3) is 0.421. The van der Waals surface area contributed by atoms with Gasteiger partial charge in [0.25, 0.3) is 0 Å². The number of methoxy groups -OCH3 is 1. The fourth-order valence-electron chi connectivity index (χ4n) is 2.62. The molecule has 0 unspecified atom stereocenters. The van der Waals surface area contributed by atoms with Gasteiger partial charge in [-0.1, -0.05) is 24.3 Å². The SMILES string of the molecule is CCNC(=NCc1ccccc1COC)N(C)Cc1cccn1C. The maximum atomic E-state index is 5.28. The van der Waals surface area contributed by atoms with Gasteiger partial charge in [-0.25, -0.2) is 4.99 Å². The number of hydrogen-bond donors (Lipinski definition) is 1. The predicted molar refractivity (Wildman–Crippen MR) is 98.9 cm³/mol. The van der Waals surface area contributed by atoms with Crippen LogP contribution in [0.5, 0.6) is 0 Å². The van der Waals surface area contributed by atoms with Gasteiger partial charge in [0.1, 0.15) is 0 Å². The normalized spacial score (nSPS) is 11.6. The maximum absolute atomic E-state index is 5.28. The molecule has 0 fully saturated rings. The maximum Gasteiger partial charge on any atom is 0.194 e. The van der Waals surface area contributed by atoms with Crippen molar-refractivity contribution in [2.45, 2.75) is 26.6 Å². The highest BCUT2D eigenvalue weighted by Gasteiger charge is 2.09. The van der Waals surface area contributed by atoms with Gasteiger partial charge in [-0.3, -0.25) is 0 Å². The molecule has 1 aromatic carbocycles. The highest BCUT2D eigenvalue weighted by molar-refractivity contribution is 5.79. The standard InChI is InChI=1S/C19H28N4O/c1-5-20-19(23(3)14-18-11-8-12-22(18)2)21-13-16-9-6-7-10-17(16)15-24-4/h6-12H,5,13-15H2,1-4H3,(H,20,21). The van der Waals surface area contributed by atoms with Crippen molar-refractivity contribution in [2.75, 3.05) is 20.7 Å². The van der Waals surface area contributed by atoms with Crippen molar-refractivity contribution in [3.8, 4) is 0 Å². The van der Waals surface area contributed by atoms with Crippen molar-refractivity contribution < 1.29 is 4.74 Å². The molecule has 1 aromatic heterocycles. The lowest BCUT2D eigenvalue weighted by Gasteiger charge is -2.22. The highest BCUT2D eigenvalue weighted by Crippen LogP contribution is 2.12. The Hall–Kier alpha value is -2.27. The second-order valence-electron chi connectivity index (χ2n) is 5.84. The molecule has 130 valence electrons. The van der Waals surface area contributed by atoms with Crippen LogP contribution >= 0.6 is 0 Å². The van der Waals surface area contributed by atoms with E-state index in [9.17, 15) is 0 Å². The summed E-state index contributed by atoms with van der Waals surface area (Å²) in [5, 5.41) is 3.37. The second-order valence-corrected chi connectivity index (χ2v) is 5.84. The van der Waals surface area contributed by atoms with Gasteiger partial charge in [0.2, 0.25) is 0 Å². The Morgan fingerprint density at radius 3 is 2.58 bits per heavy atom. The van der Waals surface area contributed by atoms with Crippen molar-refractivity contribution in [3.05, 3.63) is 59.4 Å². The molecule has 5 heteroatoms. The zero-order chi connectivity index (χ0) is 17.4. The van der Waals surface area contributed by atoms with Crippen LogP contribution in [-0.2, 0) is 31.5 Å². The Bertz CT molecular complexity index is 663. The van der Waals surface area contributed by atoms with Gasteiger partial charge < -0.3 is 19.5 Å². The molecule has 0 bridgehead atoms. The zero-order valence-electron chi connectivity index (χ0n) is 15.1. The average molecular weight is 328 g/mol. The van der Waals surface area contributed by atoms with E-state index in [2.05, 4.69) is 66.3 Å². The van der Waals surface area contributed by atoms with Crippen molar-refractivity contribution in [1.82, 2.24) is 14.8 Å². The molecule has 0 aliphatic carbocycles. The van der Waals surface area contributed by atoms with Gasteiger partial charge in [-0.15, -0.1) is 0 Å². The van der Waals surface area contributed by atoms with Crippen molar-refractivity contribution in [2.24, 2.45) is 12.0 Å². The van der Waals surface area contributed by atoms with Gasteiger partial charge in [0.15, 0.2) is 5.96 Å². The van der Waals surface area contributed by atoms with Crippen LogP contribution in [0.3, 0.4) is 0 Å². The highest BCUT2D eigenvalue weighted by atomic mass is 16.5. The number of nitrogens with zero attached hydrogens (tertiary/aromatic N) is 3. The third kappa shape index (κ3) is 4.86. The van der Waals surface area contributed by atoms with Crippen molar-refractivity contribution >= 4 is 5.96 Å². The minimum atomic E-state index is 0.613. The first-order valence-corrected chi connectivity index (χ1v) is 8.31. The monoisotopic (exact) mass is 328 g/mol. The van der Waals surface area contributed by atoms with Gasteiger partial charge in [-0.2, -0.15) is 0 Å². The Balaban J connectivity index is 2.11. The summed E-state index contributed by atoms with van der Waals surface area (Å²) in [6.45, 7) is 5.00.